The Balaban J connectivity index is 1.88. The Hall–Kier alpha value is -2.63. The number of carbonyl (C=O) groups excluding carboxylic acids is 2. The molecule has 1 atom stereocenters. The summed E-state index contributed by atoms with van der Waals surface area (Å²) in [7, 11) is 0. The van der Waals surface area contributed by atoms with Crippen molar-refractivity contribution in [2.75, 3.05) is 13.1 Å². The van der Waals surface area contributed by atoms with E-state index in [1.54, 1.807) is 42.5 Å². The zero-order chi connectivity index (χ0) is 18.7. The summed E-state index contributed by atoms with van der Waals surface area (Å²) in [5.41, 5.74) is 0.779. The molecule has 1 aliphatic heterocycles. The van der Waals surface area contributed by atoms with E-state index in [9.17, 15) is 22.8 Å². The number of ketones is 1. The lowest BCUT2D eigenvalue weighted by atomic mass is 9.94. The molecule has 3 nitrogen and oxygen atoms in total. The van der Waals surface area contributed by atoms with Crippen molar-refractivity contribution in [1.82, 2.24) is 4.90 Å². The van der Waals surface area contributed by atoms with Gasteiger partial charge in [0.2, 0.25) is 0 Å². The molecule has 0 radical (unpaired) electrons. The molecule has 1 fully saturated rings. The summed E-state index contributed by atoms with van der Waals surface area (Å²) in [6, 6.07) is 14.8. The zero-order valence-corrected chi connectivity index (χ0v) is 14.0. The Labute approximate surface area is 149 Å². The van der Waals surface area contributed by atoms with E-state index >= 15 is 0 Å². The number of benzene rings is 2. The highest BCUT2D eigenvalue weighted by Crippen LogP contribution is 2.33. The van der Waals surface area contributed by atoms with E-state index < -0.39 is 18.0 Å². The standard InChI is InChI=1S/C20H18F3NO2/c21-20(22,23)15-9-6-12-24(13-15)19(26)17-11-5-4-10-16(17)18(25)14-7-2-1-3-8-14/h1-5,7-8,10-11,15H,6,9,12-13H2/t15-/m1/s1. The van der Waals surface area contributed by atoms with Gasteiger partial charge in [-0.2, -0.15) is 13.2 Å². The van der Waals surface area contributed by atoms with Gasteiger partial charge in [-0.05, 0) is 18.9 Å². The van der Waals surface area contributed by atoms with Crippen LogP contribution in [0.2, 0.25) is 0 Å². The summed E-state index contributed by atoms with van der Waals surface area (Å²) in [6.45, 7) is -0.102. The third-order valence-corrected chi connectivity index (χ3v) is 4.61. The predicted octanol–water partition coefficient (Wildman–Crippen LogP) is 4.33. The van der Waals surface area contributed by atoms with Crippen LogP contribution in [0.25, 0.3) is 0 Å². The zero-order valence-electron chi connectivity index (χ0n) is 14.0. The van der Waals surface area contributed by atoms with Crippen LogP contribution in [-0.4, -0.2) is 35.9 Å². The number of alkyl halides is 3. The Bertz CT molecular complexity index is 802. The number of likely N-dealkylation sites (tertiary alicyclic amines) is 1. The average Bonchev–Trinajstić information content (AvgIpc) is 2.67. The maximum absolute atomic E-state index is 13.0. The second kappa shape index (κ2) is 7.32. The number of hydrogen-bond acceptors (Lipinski definition) is 2. The van der Waals surface area contributed by atoms with Crippen molar-refractivity contribution in [2.24, 2.45) is 5.92 Å². The van der Waals surface area contributed by atoms with Crippen LogP contribution in [0.3, 0.4) is 0 Å². The molecule has 1 amide bonds. The predicted molar refractivity (Wildman–Crippen MR) is 91.0 cm³/mol. The van der Waals surface area contributed by atoms with E-state index in [4.69, 9.17) is 0 Å². The fraction of sp³-hybridized carbons (Fsp3) is 0.300. The van der Waals surface area contributed by atoms with Crippen molar-refractivity contribution in [2.45, 2.75) is 19.0 Å². The Morgan fingerprint density at radius 3 is 2.19 bits per heavy atom. The van der Waals surface area contributed by atoms with Crippen molar-refractivity contribution in [3.63, 3.8) is 0 Å². The first-order valence-electron chi connectivity index (χ1n) is 8.42. The number of piperidine rings is 1. The Morgan fingerprint density at radius 2 is 1.54 bits per heavy atom. The number of hydrogen-bond donors (Lipinski definition) is 0. The highest BCUT2D eigenvalue weighted by Gasteiger charge is 2.43. The van der Waals surface area contributed by atoms with E-state index in [1.165, 1.54) is 17.0 Å². The van der Waals surface area contributed by atoms with E-state index in [2.05, 4.69) is 0 Å². The van der Waals surface area contributed by atoms with Gasteiger partial charge in [-0.25, -0.2) is 0 Å². The van der Waals surface area contributed by atoms with Crippen LogP contribution in [0.5, 0.6) is 0 Å². The normalized spacial score (nSPS) is 17.8. The molecule has 0 bridgehead atoms. The molecule has 136 valence electrons. The largest absolute Gasteiger partial charge is 0.393 e. The van der Waals surface area contributed by atoms with Gasteiger partial charge < -0.3 is 4.90 Å². The number of halogens is 3. The summed E-state index contributed by atoms with van der Waals surface area (Å²) in [4.78, 5) is 26.8. The van der Waals surface area contributed by atoms with Gasteiger partial charge >= 0.3 is 6.18 Å². The van der Waals surface area contributed by atoms with Gasteiger partial charge in [-0.3, -0.25) is 9.59 Å². The number of amides is 1. The molecular formula is C20H18F3NO2. The molecule has 2 aromatic rings. The van der Waals surface area contributed by atoms with Crippen molar-refractivity contribution in [3.05, 3.63) is 71.3 Å². The topological polar surface area (TPSA) is 37.4 Å². The Kier molecular flexibility index (Phi) is 5.11. The lowest BCUT2D eigenvalue weighted by Crippen LogP contribution is -2.44. The molecule has 3 rings (SSSR count). The van der Waals surface area contributed by atoms with Crippen LogP contribution in [0.1, 0.15) is 39.1 Å². The maximum atomic E-state index is 13.0. The number of nitrogens with zero attached hydrogens (tertiary/aromatic N) is 1. The quantitative estimate of drug-likeness (QED) is 0.763. The minimum Gasteiger partial charge on any atom is -0.338 e. The van der Waals surface area contributed by atoms with Gasteiger partial charge in [0.05, 0.1) is 11.5 Å². The minimum atomic E-state index is -4.32. The van der Waals surface area contributed by atoms with Gasteiger partial charge in [0.25, 0.3) is 5.91 Å². The van der Waals surface area contributed by atoms with Gasteiger partial charge in [0.1, 0.15) is 0 Å². The molecular weight excluding hydrogens is 343 g/mol. The van der Waals surface area contributed by atoms with Gasteiger partial charge in [-0.1, -0.05) is 48.5 Å². The van der Waals surface area contributed by atoms with Gasteiger partial charge in [-0.15, -0.1) is 0 Å². The molecule has 6 heteroatoms. The fourth-order valence-corrected chi connectivity index (χ4v) is 3.21. The van der Waals surface area contributed by atoms with E-state index in [-0.39, 0.29) is 36.4 Å². The van der Waals surface area contributed by atoms with Crippen LogP contribution in [0, 0.1) is 5.92 Å². The molecule has 1 aliphatic rings. The second-order valence-corrected chi connectivity index (χ2v) is 6.37. The second-order valence-electron chi connectivity index (χ2n) is 6.37. The van der Waals surface area contributed by atoms with Crippen molar-refractivity contribution in [1.29, 1.82) is 0 Å². The smallest absolute Gasteiger partial charge is 0.338 e. The van der Waals surface area contributed by atoms with Gasteiger partial charge in [0, 0.05) is 24.2 Å². The summed E-state index contributed by atoms with van der Waals surface area (Å²) in [5.74, 6) is -2.37. The van der Waals surface area contributed by atoms with Crippen LogP contribution >= 0.6 is 0 Å². The monoisotopic (exact) mass is 361 g/mol. The molecule has 1 saturated heterocycles. The lowest BCUT2D eigenvalue weighted by molar-refractivity contribution is -0.184. The number of rotatable bonds is 3. The molecule has 26 heavy (non-hydrogen) atoms. The summed E-state index contributed by atoms with van der Waals surface area (Å²) >= 11 is 0. The first-order valence-corrected chi connectivity index (χ1v) is 8.42. The number of carbonyl (C=O) groups is 2. The fourth-order valence-electron chi connectivity index (χ4n) is 3.21. The van der Waals surface area contributed by atoms with Crippen LogP contribution in [0.15, 0.2) is 54.6 Å². The summed E-state index contributed by atoms with van der Waals surface area (Å²) in [5, 5.41) is 0. The molecule has 0 spiro atoms. The van der Waals surface area contributed by atoms with Crippen molar-refractivity contribution in [3.8, 4) is 0 Å². The summed E-state index contributed by atoms with van der Waals surface area (Å²) < 4.78 is 39.1. The molecule has 1 heterocycles. The van der Waals surface area contributed by atoms with E-state index in [1.807, 2.05) is 0 Å². The lowest BCUT2D eigenvalue weighted by Gasteiger charge is -2.34. The molecule has 0 unspecified atom stereocenters. The van der Waals surface area contributed by atoms with Gasteiger partial charge in [0.15, 0.2) is 5.78 Å². The first-order chi connectivity index (χ1) is 12.4. The molecule has 0 aliphatic carbocycles. The SMILES string of the molecule is O=C(c1ccccc1)c1ccccc1C(=O)N1CCC[C@@H](C(F)(F)F)C1. The highest BCUT2D eigenvalue weighted by atomic mass is 19.4. The van der Waals surface area contributed by atoms with Crippen LogP contribution < -0.4 is 0 Å². The van der Waals surface area contributed by atoms with Crippen LogP contribution in [0.4, 0.5) is 13.2 Å². The third-order valence-electron chi connectivity index (χ3n) is 4.61. The minimum absolute atomic E-state index is 0.0257. The van der Waals surface area contributed by atoms with Crippen molar-refractivity contribution < 1.29 is 22.8 Å². The molecule has 0 saturated carbocycles. The maximum Gasteiger partial charge on any atom is 0.393 e. The first kappa shape index (κ1) is 18.2. The summed E-state index contributed by atoms with van der Waals surface area (Å²) in [6.07, 6.45) is -4.00. The molecule has 0 aromatic heterocycles. The Morgan fingerprint density at radius 1 is 0.923 bits per heavy atom. The van der Waals surface area contributed by atoms with E-state index in [0.717, 1.165) is 0 Å². The molecule has 0 N–H and O–H groups in total. The third kappa shape index (κ3) is 3.79. The van der Waals surface area contributed by atoms with Crippen LogP contribution in [-0.2, 0) is 0 Å². The van der Waals surface area contributed by atoms with E-state index in [0.29, 0.717) is 12.0 Å². The molecule has 2 aromatic carbocycles. The van der Waals surface area contributed by atoms with Crippen molar-refractivity contribution >= 4 is 11.7 Å². The average molecular weight is 361 g/mol. The highest BCUT2D eigenvalue weighted by molar-refractivity contribution is 6.15.